The van der Waals surface area contributed by atoms with Gasteiger partial charge in [-0.2, -0.15) is 0 Å². The summed E-state index contributed by atoms with van der Waals surface area (Å²) in [6.45, 7) is 2.41. The molecule has 1 rings (SSSR count). The van der Waals surface area contributed by atoms with Crippen LogP contribution < -0.4 is 11.1 Å². The molecule has 5 heteroatoms. The Morgan fingerprint density at radius 1 is 1.50 bits per heavy atom. The van der Waals surface area contributed by atoms with Crippen LogP contribution in [-0.2, 0) is 4.79 Å². The van der Waals surface area contributed by atoms with Crippen LogP contribution >= 0.6 is 24.0 Å². The Bertz CT molecular complexity index is 356. The highest BCUT2D eigenvalue weighted by Gasteiger charge is 2.05. The first-order chi connectivity index (χ1) is 7.15. The molecule has 0 fully saturated rings. The third-order valence-corrected chi connectivity index (χ3v) is 2.56. The number of benzene rings is 1. The largest absolute Gasteiger partial charge is 0.330 e. The Hall–Kier alpha value is -0.770. The molecule has 3 N–H and O–H groups in total. The zero-order valence-corrected chi connectivity index (χ0v) is 10.7. The molecule has 0 radical (unpaired) electrons. The van der Waals surface area contributed by atoms with E-state index in [1.807, 2.05) is 19.1 Å². The van der Waals surface area contributed by atoms with Crippen LogP contribution in [0.1, 0.15) is 18.4 Å². The molecule has 90 valence electrons. The predicted molar refractivity (Wildman–Crippen MR) is 70.4 cm³/mol. The average molecular weight is 263 g/mol. The van der Waals surface area contributed by atoms with Gasteiger partial charge in [-0.1, -0.05) is 17.7 Å². The van der Waals surface area contributed by atoms with E-state index >= 15 is 0 Å². The number of carbonyl (C=O) groups is 1. The zero-order valence-electron chi connectivity index (χ0n) is 9.13. The topological polar surface area (TPSA) is 55.1 Å². The van der Waals surface area contributed by atoms with E-state index in [0.717, 1.165) is 11.3 Å². The monoisotopic (exact) mass is 262 g/mol. The van der Waals surface area contributed by atoms with Gasteiger partial charge in [0.1, 0.15) is 0 Å². The molecule has 0 aliphatic heterocycles. The van der Waals surface area contributed by atoms with Crippen molar-refractivity contribution >= 4 is 35.6 Å². The first kappa shape index (κ1) is 15.2. The number of nitrogens with one attached hydrogen (secondary N) is 1. The first-order valence-corrected chi connectivity index (χ1v) is 5.28. The molecule has 1 aromatic rings. The van der Waals surface area contributed by atoms with Crippen molar-refractivity contribution in [3.05, 3.63) is 28.8 Å². The second-order valence-electron chi connectivity index (χ2n) is 3.35. The van der Waals surface area contributed by atoms with Crippen molar-refractivity contribution in [3.8, 4) is 0 Å². The van der Waals surface area contributed by atoms with Gasteiger partial charge in [-0.15, -0.1) is 12.4 Å². The predicted octanol–water partition coefficient (Wildman–Crippen LogP) is 2.75. The summed E-state index contributed by atoms with van der Waals surface area (Å²) in [6.07, 6.45) is 1.15. The van der Waals surface area contributed by atoms with Crippen molar-refractivity contribution in [2.45, 2.75) is 19.8 Å². The summed E-state index contributed by atoms with van der Waals surface area (Å²) in [5.74, 6) is -0.0224. The molecule has 3 nitrogen and oxygen atoms in total. The summed E-state index contributed by atoms with van der Waals surface area (Å²) in [5, 5.41) is 3.47. The molecular weight excluding hydrogens is 247 g/mol. The molecule has 0 unspecified atom stereocenters. The van der Waals surface area contributed by atoms with Gasteiger partial charge in [0.05, 0.1) is 0 Å². The fourth-order valence-electron chi connectivity index (χ4n) is 1.22. The lowest BCUT2D eigenvalue weighted by Gasteiger charge is -2.08. The summed E-state index contributed by atoms with van der Waals surface area (Å²) >= 11 is 5.93. The summed E-state index contributed by atoms with van der Waals surface area (Å²) < 4.78 is 0. The van der Waals surface area contributed by atoms with E-state index < -0.39 is 0 Å². The van der Waals surface area contributed by atoms with Gasteiger partial charge in [0.25, 0.3) is 0 Å². The van der Waals surface area contributed by atoms with Gasteiger partial charge in [0, 0.05) is 17.1 Å². The average Bonchev–Trinajstić information content (AvgIpc) is 2.22. The Balaban J connectivity index is 0.00000225. The number of amides is 1. The molecular formula is C11H16Cl2N2O. The van der Waals surface area contributed by atoms with E-state index in [-0.39, 0.29) is 18.3 Å². The van der Waals surface area contributed by atoms with Crippen LogP contribution in [-0.4, -0.2) is 12.5 Å². The lowest BCUT2D eigenvalue weighted by atomic mass is 10.2. The second kappa shape index (κ2) is 7.49. The van der Waals surface area contributed by atoms with Gasteiger partial charge in [-0.3, -0.25) is 4.79 Å². The van der Waals surface area contributed by atoms with Crippen molar-refractivity contribution in [2.24, 2.45) is 5.73 Å². The van der Waals surface area contributed by atoms with Gasteiger partial charge in [0.15, 0.2) is 0 Å². The fourth-order valence-corrected chi connectivity index (χ4v) is 1.39. The van der Waals surface area contributed by atoms with Crippen molar-refractivity contribution in [1.82, 2.24) is 0 Å². The van der Waals surface area contributed by atoms with E-state index in [1.165, 1.54) is 0 Å². The van der Waals surface area contributed by atoms with Crippen LogP contribution in [0.15, 0.2) is 18.2 Å². The second-order valence-corrected chi connectivity index (χ2v) is 3.76. The van der Waals surface area contributed by atoms with Crippen molar-refractivity contribution in [1.29, 1.82) is 0 Å². The van der Waals surface area contributed by atoms with Crippen LogP contribution in [0.5, 0.6) is 0 Å². The molecule has 1 amide bonds. The molecule has 0 aromatic heterocycles. The molecule has 0 aliphatic rings. The lowest BCUT2D eigenvalue weighted by Crippen LogP contribution is -2.14. The third kappa shape index (κ3) is 4.39. The maximum absolute atomic E-state index is 11.4. The summed E-state index contributed by atoms with van der Waals surface area (Å²) in [4.78, 5) is 11.4. The third-order valence-electron chi connectivity index (χ3n) is 2.15. The quantitative estimate of drug-likeness (QED) is 0.877. The number of anilines is 1. The summed E-state index contributed by atoms with van der Waals surface area (Å²) in [5.41, 5.74) is 6.98. The molecule has 0 spiro atoms. The van der Waals surface area contributed by atoms with Gasteiger partial charge in [-0.25, -0.2) is 0 Å². The van der Waals surface area contributed by atoms with E-state index in [0.29, 0.717) is 24.4 Å². The van der Waals surface area contributed by atoms with Gasteiger partial charge >= 0.3 is 0 Å². The normalized spacial score (nSPS) is 9.44. The summed E-state index contributed by atoms with van der Waals surface area (Å²) in [7, 11) is 0. The van der Waals surface area contributed by atoms with Gasteiger partial charge < -0.3 is 11.1 Å². The highest BCUT2D eigenvalue weighted by atomic mass is 35.5. The summed E-state index contributed by atoms with van der Waals surface area (Å²) in [6, 6.07) is 5.45. The van der Waals surface area contributed by atoms with Crippen LogP contribution in [0.2, 0.25) is 5.02 Å². The first-order valence-electron chi connectivity index (χ1n) is 4.90. The number of carbonyl (C=O) groups excluding carboxylic acids is 1. The maximum Gasteiger partial charge on any atom is 0.224 e. The molecule has 0 atom stereocenters. The van der Waals surface area contributed by atoms with Crippen molar-refractivity contribution in [3.63, 3.8) is 0 Å². The number of hydrogen-bond acceptors (Lipinski definition) is 2. The Morgan fingerprint density at radius 3 is 2.81 bits per heavy atom. The van der Waals surface area contributed by atoms with E-state index in [1.54, 1.807) is 6.07 Å². The molecule has 1 aromatic carbocycles. The molecule has 0 aliphatic carbocycles. The lowest BCUT2D eigenvalue weighted by molar-refractivity contribution is -0.116. The van der Waals surface area contributed by atoms with Crippen LogP contribution in [0.3, 0.4) is 0 Å². The minimum atomic E-state index is -0.0224. The molecule has 0 heterocycles. The zero-order chi connectivity index (χ0) is 11.3. The van der Waals surface area contributed by atoms with Crippen LogP contribution in [0, 0.1) is 6.92 Å². The van der Waals surface area contributed by atoms with E-state index in [2.05, 4.69) is 5.32 Å². The number of hydrogen-bond donors (Lipinski definition) is 2. The number of rotatable bonds is 4. The maximum atomic E-state index is 11.4. The molecule has 0 saturated carbocycles. The highest BCUT2D eigenvalue weighted by Crippen LogP contribution is 2.22. The van der Waals surface area contributed by atoms with Gasteiger partial charge in [0.2, 0.25) is 5.91 Å². The Morgan fingerprint density at radius 2 is 2.19 bits per heavy atom. The standard InChI is InChI=1S/C11H15ClN2O.ClH/c1-8-9(12)4-2-5-10(8)14-11(15)6-3-7-13;/h2,4-5H,3,6-7,13H2,1H3,(H,14,15);1H. The number of halogens is 2. The highest BCUT2D eigenvalue weighted by molar-refractivity contribution is 6.31. The SMILES string of the molecule is Cc1c(Cl)cccc1NC(=O)CCCN.Cl. The number of nitrogens with two attached hydrogens (primary N) is 1. The van der Waals surface area contributed by atoms with Crippen LogP contribution in [0.4, 0.5) is 5.69 Å². The van der Waals surface area contributed by atoms with Crippen LogP contribution in [0.25, 0.3) is 0 Å². The van der Waals surface area contributed by atoms with E-state index in [9.17, 15) is 4.79 Å². The Labute approximate surface area is 107 Å². The van der Waals surface area contributed by atoms with Crippen molar-refractivity contribution in [2.75, 3.05) is 11.9 Å². The van der Waals surface area contributed by atoms with Gasteiger partial charge in [-0.05, 0) is 37.6 Å². The Kier molecular flexibility index (Phi) is 7.13. The fraction of sp³-hybridized carbons (Fsp3) is 0.364. The minimum absolute atomic E-state index is 0. The smallest absolute Gasteiger partial charge is 0.224 e. The minimum Gasteiger partial charge on any atom is -0.330 e. The van der Waals surface area contributed by atoms with Crippen molar-refractivity contribution < 1.29 is 4.79 Å². The molecule has 16 heavy (non-hydrogen) atoms. The molecule has 0 bridgehead atoms. The van der Waals surface area contributed by atoms with E-state index in [4.69, 9.17) is 17.3 Å². The molecule has 0 saturated heterocycles.